The molecule has 0 aliphatic carbocycles. The van der Waals surface area contributed by atoms with Gasteiger partial charge in [-0.05, 0) is 42.7 Å². The summed E-state index contributed by atoms with van der Waals surface area (Å²) < 4.78 is 32.0. The van der Waals surface area contributed by atoms with Crippen LogP contribution in [0, 0.1) is 0 Å². The van der Waals surface area contributed by atoms with Crippen molar-refractivity contribution in [2.45, 2.75) is 26.2 Å². The van der Waals surface area contributed by atoms with E-state index in [0.29, 0.717) is 36.5 Å². The van der Waals surface area contributed by atoms with Crippen LogP contribution in [-0.4, -0.2) is 33.2 Å². The molecule has 0 saturated heterocycles. The summed E-state index contributed by atoms with van der Waals surface area (Å²) in [5, 5.41) is 2.77. The first kappa shape index (κ1) is 19.2. The third-order valence-corrected chi connectivity index (χ3v) is 6.28. The highest BCUT2D eigenvalue weighted by molar-refractivity contribution is 7.92. The summed E-state index contributed by atoms with van der Waals surface area (Å²) in [4.78, 5) is 12.1. The summed E-state index contributed by atoms with van der Waals surface area (Å²) in [7, 11) is -3.33. The molecule has 0 fully saturated rings. The highest BCUT2D eigenvalue weighted by atomic mass is 32.2. The van der Waals surface area contributed by atoms with Crippen LogP contribution in [0.25, 0.3) is 0 Å². The van der Waals surface area contributed by atoms with E-state index in [1.807, 2.05) is 31.2 Å². The number of nitrogens with zero attached hydrogens (tertiary/aromatic N) is 1. The van der Waals surface area contributed by atoms with Crippen molar-refractivity contribution in [2.24, 2.45) is 0 Å². The van der Waals surface area contributed by atoms with Gasteiger partial charge >= 0.3 is 0 Å². The van der Waals surface area contributed by atoms with Crippen molar-refractivity contribution in [1.29, 1.82) is 0 Å². The lowest BCUT2D eigenvalue weighted by Gasteiger charge is -2.20. The number of fused-ring (bicyclic) bond motifs is 1. The van der Waals surface area contributed by atoms with Gasteiger partial charge in [-0.2, -0.15) is 0 Å². The Morgan fingerprint density at radius 3 is 2.70 bits per heavy atom. The van der Waals surface area contributed by atoms with Crippen LogP contribution in [0.15, 0.2) is 48.5 Å². The minimum Gasteiger partial charge on any atom is -0.484 e. The molecule has 1 amide bonds. The first-order valence-corrected chi connectivity index (χ1v) is 10.7. The van der Waals surface area contributed by atoms with Crippen LogP contribution in [0.4, 0.5) is 11.4 Å². The van der Waals surface area contributed by atoms with E-state index in [1.54, 1.807) is 24.3 Å². The number of carbonyl (C=O) groups is 1. The SMILES string of the molecule is CCCCS(=O)(=O)N1CCc2ccc(NC(=O)COc3ccccc3)cc21. The molecule has 0 saturated carbocycles. The Labute approximate surface area is 160 Å². The molecule has 1 aliphatic heterocycles. The van der Waals surface area contributed by atoms with Crippen LogP contribution in [0.2, 0.25) is 0 Å². The van der Waals surface area contributed by atoms with Crippen LogP contribution >= 0.6 is 0 Å². The Bertz CT molecular complexity index is 897. The van der Waals surface area contributed by atoms with E-state index in [9.17, 15) is 13.2 Å². The predicted molar refractivity (Wildman–Crippen MR) is 107 cm³/mol. The van der Waals surface area contributed by atoms with Crippen LogP contribution < -0.4 is 14.4 Å². The maximum absolute atomic E-state index is 12.6. The fourth-order valence-corrected chi connectivity index (χ4v) is 4.73. The van der Waals surface area contributed by atoms with E-state index in [4.69, 9.17) is 4.74 Å². The summed E-state index contributed by atoms with van der Waals surface area (Å²) >= 11 is 0. The normalized spacial score (nSPS) is 13.3. The Balaban J connectivity index is 1.66. The number of amides is 1. The molecule has 3 rings (SSSR count). The molecule has 7 heteroatoms. The first-order valence-electron chi connectivity index (χ1n) is 9.10. The molecule has 1 N–H and O–H groups in total. The number of para-hydroxylation sites is 1. The second-order valence-electron chi connectivity index (χ2n) is 6.49. The number of nitrogens with one attached hydrogen (secondary N) is 1. The average molecular weight is 388 g/mol. The van der Waals surface area contributed by atoms with Gasteiger partial charge in [0, 0.05) is 12.2 Å². The van der Waals surface area contributed by atoms with Gasteiger partial charge < -0.3 is 10.1 Å². The Morgan fingerprint density at radius 2 is 1.96 bits per heavy atom. The predicted octanol–water partition coefficient (Wildman–Crippen LogP) is 3.20. The van der Waals surface area contributed by atoms with Gasteiger partial charge in [0.05, 0.1) is 11.4 Å². The van der Waals surface area contributed by atoms with E-state index in [0.717, 1.165) is 12.0 Å². The largest absolute Gasteiger partial charge is 0.484 e. The third kappa shape index (κ3) is 4.80. The van der Waals surface area contributed by atoms with Crippen molar-refractivity contribution in [3.8, 4) is 5.75 Å². The molecule has 6 nitrogen and oxygen atoms in total. The molecule has 2 aromatic rings. The topological polar surface area (TPSA) is 75.7 Å². The quantitative estimate of drug-likeness (QED) is 0.753. The Hall–Kier alpha value is -2.54. The van der Waals surface area contributed by atoms with Crippen LogP contribution in [-0.2, 0) is 21.2 Å². The fourth-order valence-electron chi connectivity index (χ4n) is 3.02. The number of hydrogen-bond donors (Lipinski definition) is 1. The van der Waals surface area contributed by atoms with Gasteiger partial charge in [0.25, 0.3) is 5.91 Å². The molecule has 27 heavy (non-hydrogen) atoms. The summed E-state index contributed by atoms with van der Waals surface area (Å²) in [6, 6.07) is 14.5. The zero-order valence-electron chi connectivity index (χ0n) is 15.3. The maximum Gasteiger partial charge on any atom is 0.262 e. The van der Waals surface area contributed by atoms with Gasteiger partial charge in [-0.25, -0.2) is 8.42 Å². The van der Waals surface area contributed by atoms with Gasteiger partial charge in [-0.15, -0.1) is 0 Å². The lowest BCUT2D eigenvalue weighted by molar-refractivity contribution is -0.118. The average Bonchev–Trinajstić information content (AvgIpc) is 3.10. The van der Waals surface area contributed by atoms with Crippen molar-refractivity contribution < 1.29 is 17.9 Å². The minimum absolute atomic E-state index is 0.111. The number of carbonyl (C=O) groups excluding carboxylic acids is 1. The molecular formula is C20H24N2O4S. The van der Waals surface area contributed by atoms with E-state index >= 15 is 0 Å². The molecule has 0 aromatic heterocycles. The molecule has 1 heterocycles. The molecule has 0 atom stereocenters. The van der Waals surface area contributed by atoms with Gasteiger partial charge in [0.1, 0.15) is 5.75 Å². The highest BCUT2D eigenvalue weighted by Crippen LogP contribution is 2.33. The van der Waals surface area contributed by atoms with Gasteiger partial charge in [-0.1, -0.05) is 37.6 Å². The molecule has 0 radical (unpaired) electrons. The van der Waals surface area contributed by atoms with E-state index in [-0.39, 0.29) is 18.3 Å². The van der Waals surface area contributed by atoms with Crippen LogP contribution in [0.5, 0.6) is 5.75 Å². The molecule has 1 aliphatic rings. The lowest BCUT2D eigenvalue weighted by Crippen LogP contribution is -2.31. The second kappa shape index (κ2) is 8.43. The number of unbranched alkanes of at least 4 members (excludes halogenated alkanes) is 1. The van der Waals surface area contributed by atoms with Crippen LogP contribution in [0.3, 0.4) is 0 Å². The van der Waals surface area contributed by atoms with Crippen molar-refractivity contribution >= 4 is 27.3 Å². The lowest BCUT2D eigenvalue weighted by atomic mass is 10.1. The monoisotopic (exact) mass is 388 g/mol. The summed E-state index contributed by atoms with van der Waals surface area (Å²) in [5.41, 5.74) is 2.20. The molecule has 2 aromatic carbocycles. The van der Waals surface area contributed by atoms with E-state index in [1.165, 1.54) is 4.31 Å². The summed E-state index contributed by atoms with van der Waals surface area (Å²) in [5.74, 6) is 0.469. The van der Waals surface area contributed by atoms with Gasteiger partial charge in [0.2, 0.25) is 10.0 Å². The van der Waals surface area contributed by atoms with Gasteiger partial charge in [0.15, 0.2) is 6.61 Å². The Morgan fingerprint density at radius 1 is 1.19 bits per heavy atom. The number of benzene rings is 2. The molecule has 0 bridgehead atoms. The second-order valence-corrected chi connectivity index (χ2v) is 8.50. The number of hydrogen-bond acceptors (Lipinski definition) is 4. The van der Waals surface area contributed by atoms with Crippen molar-refractivity contribution in [1.82, 2.24) is 0 Å². The van der Waals surface area contributed by atoms with E-state index in [2.05, 4.69) is 5.32 Å². The zero-order chi connectivity index (χ0) is 19.3. The molecule has 0 spiro atoms. The van der Waals surface area contributed by atoms with Crippen molar-refractivity contribution in [2.75, 3.05) is 28.5 Å². The summed E-state index contributed by atoms with van der Waals surface area (Å²) in [6.45, 7) is 2.31. The number of anilines is 2. The first-order chi connectivity index (χ1) is 13.0. The zero-order valence-corrected chi connectivity index (χ0v) is 16.2. The molecule has 0 unspecified atom stereocenters. The van der Waals surface area contributed by atoms with E-state index < -0.39 is 10.0 Å². The number of ether oxygens (including phenoxy) is 1. The highest BCUT2D eigenvalue weighted by Gasteiger charge is 2.29. The minimum atomic E-state index is -3.33. The summed E-state index contributed by atoms with van der Waals surface area (Å²) in [6.07, 6.45) is 2.16. The molecular weight excluding hydrogens is 364 g/mol. The fraction of sp³-hybridized carbons (Fsp3) is 0.350. The number of sulfonamides is 1. The van der Waals surface area contributed by atoms with Crippen LogP contribution in [0.1, 0.15) is 25.3 Å². The van der Waals surface area contributed by atoms with Crippen molar-refractivity contribution in [3.05, 3.63) is 54.1 Å². The number of rotatable bonds is 8. The van der Waals surface area contributed by atoms with Crippen molar-refractivity contribution in [3.63, 3.8) is 0 Å². The third-order valence-electron chi connectivity index (χ3n) is 4.43. The smallest absolute Gasteiger partial charge is 0.262 e. The van der Waals surface area contributed by atoms with Gasteiger partial charge in [-0.3, -0.25) is 9.10 Å². The molecule has 144 valence electrons. The maximum atomic E-state index is 12.6. The standard InChI is InChI=1S/C20H24N2O4S/c1-2-3-13-27(24,25)22-12-11-16-9-10-17(14-19(16)22)21-20(23)15-26-18-7-5-4-6-8-18/h4-10,14H,2-3,11-13,15H2,1H3,(H,21,23). The Kier molecular flexibility index (Phi) is 6.01.